The van der Waals surface area contributed by atoms with E-state index in [9.17, 15) is 4.79 Å². The summed E-state index contributed by atoms with van der Waals surface area (Å²) >= 11 is 0. The second-order valence-electron chi connectivity index (χ2n) is 5.67. The molecule has 1 aliphatic heterocycles. The molecule has 0 aliphatic carbocycles. The first-order valence-corrected chi connectivity index (χ1v) is 7.62. The van der Waals surface area contributed by atoms with E-state index in [2.05, 4.69) is 16.8 Å². The number of hydrogen-bond donors (Lipinski definition) is 1. The molecule has 2 aromatic heterocycles. The molecule has 1 atom stereocenters. The molecule has 3 rings (SSSR count). The third-order valence-corrected chi connectivity index (χ3v) is 4.43. The van der Waals surface area contributed by atoms with E-state index in [0.29, 0.717) is 11.6 Å². The second kappa shape index (κ2) is 5.85. The highest BCUT2D eigenvalue weighted by Crippen LogP contribution is 2.21. The van der Waals surface area contributed by atoms with Crippen molar-refractivity contribution in [2.45, 2.75) is 38.6 Å². The smallest absolute Gasteiger partial charge is 0.335 e. The molecule has 3 heterocycles. The molecule has 1 saturated heterocycles. The molecule has 0 amide bonds. The zero-order valence-corrected chi connectivity index (χ0v) is 12.3. The fraction of sp³-hybridized carbons (Fsp3) is 0.500. The number of pyridine rings is 1. The van der Waals surface area contributed by atoms with Crippen LogP contribution in [0.25, 0.3) is 5.52 Å². The molecule has 1 N–H and O–H groups in total. The van der Waals surface area contributed by atoms with Gasteiger partial charge in [-0.1, -0.05) is 13.3 Å². The van der Waals surface area contributed by atoms with Crippen LogP contribution < -0.4 is 0 Å². The van der Waals surface area contributed by atoms with Gasteiger partial charge in [0.05, 0.1) is 17.3 Å². The highest BCUT2D eigenvalue weighted by Gasteiger charge is 2.22. The number of likely N-dealkylation sites (tertiary alicyclic amines) is 1. The lowest BCUT2D eigenvalue weighted by molar-refractivity contribution is 0.0697. The van der Waals surface area contributed by atoms with Gasteiger partial charge in [-0.3, -0.25) is 0 Å². The van der Waals surface area contributed by atoms with Gasteiger partial charge in [-0.25, -0.2) is 9.78 Å². The number of piperidine rings is 1. The zero-order valence-electron chi connectivity index (χ0n) is 12.3. The normalized spacial score (nSPS) is 20.0. The van der Waals surface area contributed by atoms with E-state index >= 15 is 0 Å². The second-order valence-corrected chi connectivity index (χ2v) is 5.67. The Morgan fingerprint density at radius 3 is 3.10 bits per heavy atom. The lowest BCUT2D eigenvalue weighted by Gasteiger charge is -2.34. The Balaban J connectivity index is 1.85. The fourth-order valence-corrected chi connectivity index (χ4v) is 3.26. The summed E-state index contributed by atoms with van der Waals surface area (Å²) in [4.78, 5) is 18.0. The van der Waals surface area contributed by atoms with E-state index in [1.54, 1.807) is 18.3 Å². The van der Waals surface area contributed by atoms with Gasteiger partial charge in [0.1, 0.15) is 5.82 Å². The molecule has 112 valence electrons. The number of hydrogen-bond acceptors (Lipinski definition) is 3. The van der Waals surface area contributed by atoms with E-state index in [4.69, 9.17) is 5.11 Å². The molecule has 5 heteroatoms. The number of aromatic nitrogens is 2. The van der Waals surface area contributed by atoms with Crippen molar-refractivity contribution in [3.05, 3.63) is 35.9 Å². The molecule has 1 fully saturated rings. The zero-order chi connectivity index (χ0) is 14.8. The Bertz CT molecular complexity index is 650. The number of rotatable bonds is 4. The minimum atomic E-state index is -0.898. The average Bonchev–Trinajstić information content (AvgIpc) is 2.90. The van der Waals surface area contributed by atoms with Crippen molar-refractivity contribution in [1.82, 2.24) is 14.3 Å². The number of carbonyl (C=O) groups is 1. The van der Waals surface area contributed by atoms with Crippen LogP contribution in [-0.2, 0) is 6.42 Å². The van der Waals surface area contributed by atoms with Crippen molar-refractivity contribution in [3.63, 3.8) is 0 Å². The molecule has 21 heavy (non-hydrogen) atoms. The first-order valence-electron chi connectivity index (χ1n) is 7.62. The van der Waals surface area contributed by atoms with Crippen molar-refractivity contribution >= 4 is 11.5 Å². The van der Waals surface area contributed by atoms with Crippen LogP contribution in [0.4, 0.5) is 0 Å². The molecule has 0 radical (unpaired) electrons. The molecule has 0 spiro atoms. The highest BCUT2D eigenvalue weighted by atomic mass is 16.4. The molecule has 1 aliphatic rings. The summed E-state index contributed by atoms with van der Waals surface area (Å²) in [6, 6.07) is 3.87. The lowest BCUT2D eigenvalue weighted by atomic mass is 9.99. The standard InChI is InChI=1S/C16H21N3O2/c1-2-18-7-4-3-5-13(18)10-15-17-11-14-9-12(16(20)21)6-8-19(14)15/h6,8-9,11,13H,2-5,7,10H2,1H3,(H,20,21). The summed E-state index contributed by atoms with van der Waals surface area (Å²) in [6.45, 7) is 4.46. The van der Waals surface area contributed by atoms with Crippen LogP contribution in [0, 0.1) is 0 Å². The predicted octanol–water partition coefficient (Wildman–Crippen LogP) is 2.45. The Morgan fingerprint density at radius 2 is 2.33 bits per heavy atom. The SMILES string of the molecule is CCN1CCCCC1Cc1ncc2cc(C(=O)O)ccn12. The third-order valence-electron chi connectivity index (χ3n) is 4.43. The maximum absolute atomic E-state index is 11.0. The van der Waals surface area contributed by atoms with Gasteiger partial charge in [-0.15, -0.1) is 0 Å². The van der Waals surface area contributed by atoms with Crippen LogP contribution in [0.3, 0.4) is 0 Å². The van der Waals surface area contributed by atoms with Gasteiger partial charge in [-0.05, 0) is 38.1 Å². The highest BCUT2D eigenvalue weighted by molar-refractivity contribution is 5.88. The third kappa shape index (κ3) is 2.78. The number of fused-ring (bicyclic) bond motifs is 1. The summed E-state index contributed by atoms with van der Waals surface area (Å²) in [5, 5.41) is 9.04. The molecule has 2 aromatic rings. The van der Waals surface area contributed by atoms with Gasteiger partial charge in [0.15, 0.2) is 0 Å². The summed E-state index contributed by atoms with van der Waals surface area (Å²) in [6.07, 6.45) is 8.30. The number of carboxylic acids is 1. The summed E-state index contributed by atoms with van der Waals surface area (Å²) in [5.41, 5.74) is 1.16. The molecule has 0 bridgehead atoms. The Kier molecular flexibility index (Phi) is 3.92. The van der Waals surface area contributed by atoms with E-state index in [0.717, 1.165) is 24.3 Å². The minimum Gasteiger partial charge on any atom is -0.478 e. The minimum absolute atomic E-state index is 0.307. The summed E-state index contributed by atoms with van der Waals surface area (Å²) < 4.78 is 2.01. The maximum Gasteiger partial charge on any atom is 0.335 e. The summed E-state index contributed by atoms with van der Waals surface area (Å²) in [5.74, 6) is 0.122. The van der Waals surface area contributed by atoms with Crippen LogP contribution in [-0.4, -0.2) is 44.5 Å². The van der Waals surface area contributed by atoms with Crippen LogP contribution >= 0.6 is 0 Å². The molecular weight excluding hydrogens is 266 g/mol. The van der Waals surface area contributed by atoms with Crippen LogP contribution in [0.5, 0.6) is 0 Å². The number of imidazole rings is 1. The van der Waals surface area contributed by atoms with Gasteiger partial charge in [0.2, 0.25) is 0 Å². The largest absolute Gasteiger partial charge is 0.478 e. The Labute approximate surface area is 124 Å². The quantitative estimate of drug-likeness (QED) is 0.938. The number of nitrogens with zero attached hydrogens (tertiary/aromatic N) is 3. The molecule has 1 unspecified atom stereocenters. The van der Waals surface area contributed by atoms with Crippen LogP contribution in [0.1, 0.15) is 42.4 Å². The van der Waals surface area contributed by atoms with Gasteiger partial charge in [0.25, 0.3) is 0 Å². The van der Waals surface area contributed by atoms with Gasteiger partial charge < -0.3 is 14.4 Å². The van der Waals surface area contributed by atoms with Crippen LogP contribution in [0.15, 0.2) is 24.5 Å². The maximum atomic E-state index is 11.0. The lowest BCUT2D eigenvalue weighted by Crippen LogP contribution is -2.40. The molecule has 0 aromatic carbocycles. The first-order chi connectivity index (χ1) is 10.2. The number of likely N-dealkylation sites (N-methyl/N-ethyl adjacent to an activating group) is 1. The van der Waals surface area contributed by atoms with Gasteiger partial charge >= 0.3 is 5.97 Å². The Morgan fingerprint density at radius 1 is 1.48 bits per heavy atom. The van der Waals surface area contributed by atoms with Crippen molar-refractivity contribution < 1.29 is 9.90 Å². The topological polar surface area (TPSA) is 57.8 Å². The predicted molar refractivity (Wildman–Crippen MR) is 80.7 cm³/mol. The van der Waals surface area contributed by atoms with Crippen LogP contribution in [0.2, 0.25) is 0 Å². The van der Waals surface area contributed by atoms with Gasteiger partial charge in [0, 0.05) is 18.7 Å². The van der Waals surface area contributed by atoms with E-state index in [-0.39, 0.29) is 0 Å². The molecular formula is C16H21N3O2. The van der Waals surface area contributed by atoms with E-state index in [1.165, 1.54) is 25.8 Å². The Hall–Kier alpha value is -1.88. The fourth-order valence-electron chi connectivity index (χ4n) is 3.26. The average molecular weight is 287 g/mol. The van der Waals surface area contributed by atoms with E-state index in [1.807, 2.05) is 10.6 Å². The van der Waals surface area contributed by atoms with Crippen molar-refractivity contribution in [2.75, 3.05) is 13.1 Å². The van der Waals surface area contributed by atoms with Crippen molar-refractivity contribution in [3.8, 4) is 0 Å². The van der Waals surface area contributed by atoms with Crippen molar-refractivity contribution in [2.24, 2.45) is 0 Å². The number of carboxylic acid groups (broad SMARTS) is 1. The monoisotopic (exact) mass is 287 g/mol. The number of aromatic carboxylic acids is 1. The molecule has 0 saturated carbocycles. The van der Waals surface area contributed by atoms with E-state index < -0.39 is 5.97 Å². The summed E-state index contributed by atoms with van der Waals surface area (Å²) in [7, 11) is 0. The molecule has 5 nitrogen and oxygen atoms in total. The van der Waals surface area contributed by atoms with Crippen molar-refractivity contribution in [1.29, 1.82) is 0 Å². The first kappa shape index (κ1) is 14.1. The van der Waals surface area contributed by atoms with Gasteiger partial charge in [-0.2, -0.15) is 0 Å².